The zero-order chi connectivity index (χ0) is 30.6. The van der Waals surface area contributed by atoms with Gasteiger partial charge in [0.2, 0.25) is 0 Å². The van der Waals surface area contributed by atoms with Gasteiger partial charge in [0, 0.05) is 11.1 Å². The number of benzene rings is 9. The van der Waals surface area contributed by atoms with E-state index in [4.69, 9.17) is 0 Å². The lowest BCUT2D eigenvalue weighted by atomic mass is 9.62. The first-order valence-electron chi connectivity index (χ1n) is 15.8. The van der Waals surface area contributed by atoms with Crippen LogP contribution >= 0.6 is 0 Å². The van der Waals surface area contributed by atoms with Gasteiger partial charge in [-0.15, -0.1) is 0 Å². The molecule has 0 saturated heterocycles. The molecule has 216 valence electrons. The lowest BCUT2D eigenvalue weighted by Gasteiger charge is -2.46. The monoisotopic (exact) mass is 588 g/mol. The molecule has 0 bridgehead atoms. The molecular weight excluding hydrogens is 560 g/mol. The van der Waals surface area contributed by atoms with Crippen molar-refractivity contribution in [1.82, 2.24) is 0 Å². The first-order valence-corrected chi connectivity index (χ1v) is 15.8. The summed E-state index contributed by atoms with van der Waals surface area (Å²) in [5, 5.41) is 37.9. The SMILES string of the molecule is OC1(c2ccc3ccccc3c2)c2ccccc2C(O)(c2ccc3ccccc3c2)c2c1cc1ccc3cccc4ccc2c1c34. The van der Waals surface area contributed by atoms with Crippen molar-refractivity contribution >= 4 is 53.9 Å². The third-order valence-corrected chi connectivity index (χ3v) is 10.4. The topological polar surface area (TPSA) is 40.5 Å². The Morgan fingerprint density at radius 2 is 0.804 bits per heavy atom. The zero-order valence-corrected chi connectivity index (χ0v) is 24.9. The van der Waals surface area contributed by atoms with E-state index in [9.17, 15) is 10.2 Å². The number of hydrogen-bond acceptors (Lipinski definition) is 2. The van der Waals surface area contributed by atoms with Crippen molar-refractivity contribution in [2.45, 2.75) is 11.2 Å². The van der Waals surface area contributed by atoms with Crippen molar-refractivity contribution < 1.29 is 10.2 Å². The van der Waals surface area contributed by atoms with Crippen LogP contribution in [0.3, 0.4) is 0 Å². The molecule has 10 rings (SSSR count). The smallest absolute Gasteiger partial charge is 0.141 e. The van der Waals surface area contributed by atoms with Gasteiger partial charge < -0.3 is 10.2 Å². The Balaban J connectivity index is 1.41. The molecule has 9 aromatic carbocycles. The molecule has 2 N–H and O–H groups in total. The van der Waals surface area contributed by atoms with Crippen LogP contribution in [0.15, 0.2) is 158 Å². The van der Waals surface area contributed by atoms with Crippen molar-refractivity contribution in [3.63, 3.8) is 0 Å². The number of rotatable bonds is 2. The van der Waals surface area contributed by atoms with Crippen LogP contribution in [0.25, 0.3) is 53.9 Å². The predicted molar refractivity (Wildman–Crippen MR) is 189 cm³/mol. The van der Waals surface area contributed by atoms with Gasteiger partial charge in [-0.05, 0) is 94.3 Å². The normalized spacial score (nSPS) is 19.3. The van der Waals surface area contributed by atoms with Crippen molar-refractivity contribution in [3.05, 3.63) is 191 Å². The summed E-state index contributed by atoms with van der Waals surface area (Å²) in [7, 11) is 0. The van der Waals surface area contributed by atoms with Gasteiger partial charge in [-0.3, -0.25) is 0 Å². The Kier molecular flexibility index (Phi) is 5.05. The summed E-state index contributed by atoms with van der Waals surface area (Å²) in [5.41, 5.74) is 1.27. The van der Waals surface area contributed by atoms with Gasteiger partial charge in [-0.1, -0.05) is 140 Å². The van der Waals surface area contributed by atoms with E-state index in [1.54, 1.807) is 0 Å². The van der Waals surface area contributed by atoms with E-state index in [0.717, 1.165) is 65.2 Å². The minimum Gasteiger partial charge on any atom is -0.376 e. The van der Waals surface area contributed by atoms with Crippen molar-refractivity contribution in [1.29, 1.82) is 0 Å². The average molecular weight is 589 g/mol. The van der Waals surface area contributed by atoms with E-state index in [2.05, 4.69) is 97.1 Å². The lowest BCUT2D eigenvalue weighted by molar-refractivity contribution is 0.0763. The molecule has 2 atom stereocenters. The molecule has 46 heavy (non-hydrogen) atoms. The number of hydrogen-bond donors (Lipinski definition) is 2. The summed E-state index contributed by atoms with van der Waals surface area (Å²) in [5.74, 6) is 0. The van der Waals surface area contributed by atoms with Crippen LogP contribution in [0, 0.1) is 0 Å². The van der Waals surface area contributed by atoms with Crippen LogP contribution in [-0.4, -0.2) is 10.2 Å². The Morgan fingerprint density at radius 1 is 0.326 bits per heavy atom. The lowest BCUT2D eigenvalue weighted by Crippen LogP contribution is -2.44. The molecule has 0 aromatic heterocycles. The van der Waals surface area contributed by atoms with Gasteiger partial charge in [0.25, 0.3) is 0 Å². The van der Waals surface area contributed by atoms with Crippen molar-refractivity contribution in [3.8, 4) is 0 Å². The van der Waals surface area contributed by atoms with Crippen LogP contribution in [0.5, 0.6) is 0 Å². The molecule has 2 nitrogen and oxygen atoms in total. The van der Waals surface area contributed by atoms with E-state index >= 15 is 0 Å². The highest BCUT2D eigenvalue weighted by molar-refractivity contribution is 6.24. The van der Waals surface area contributed by atoms with Gasteiger partial charge in [0.1, 0.15) is 11.2 Å². The fourth-order valence-corrected chi connectivity index (χ4v) is 8.32. The second-order valence-electron chi connectivity index (χ2n) is 12.7. The highest BCUT2D eigenvalue weighted by Gasteiger charge is 2.52. The van der Waals surface area contributed by atoms with Crippen LogP contribution in [0.4, 0.5) is 0 Å². The molecule has 2 unspecified atom stereocenters. The number of aliphatic hydroxyl groups is 2. The first-order chi connectivity index (χ1) is 22.5. The van der Waals surface area contributed by atoms with Gasteiger partial charge in [-0.25, -0.2) is 0 Å². The Bertz CT molecular complexity index is 2670. The quantitative estimate of drug-likeness (QED) is 0.197. The minimum atomic E-state index is -1.54. The second-order valence-corrected chi connectivity index (χ2v) is 12.7. The largest absolute Gasteiger partial charge is 0.376 e. The Hall–Kier alpha value is -5.54. The molecule has 1 aliphatic rings. The maximum absolute atomic E-state index is 13.6. The summed E-state index contributed by atoms with van der Waals surface area (Å²) in [4.78, 5) is 0. The van der Waals surface area contributed by atoms with Gasteiger partial charge >= 0.3 is 0 Å². The number of fused-ring (bicyclic) bond motifs is 5. The first kappa shape index (κ1) is 25.8. The molecule has 9 aromatic rings. The summed E-state index contributed by atoms with van der Waals surface area (Å²) < 4.78 is 0. The molecule has 1 aliphatic carbocycles. The van der Waals surface area contributed by atoms with Crippen LogP contribution in [0.2, 0.25) is 0 Å². The molecule has 0 radical (unpaired) electrons. The standard InChI is InChI=1S/C44H28O2/c45-43(34-21-18-27-8-1-3-10-31(27)24-34)37-14-5-6-15-38(37)44(46,35-22-19-28-9-2-4-11-32(28)25-35)42-36-23-20-30-13-7-12-29-16-17-33(26-39(42)43)41(36)40(29)30/h1-26,45-46H. The third-order valence-electron chi connectivity index (χ3n) is 10.4. The van der Waals surface area contributed by atoms with E-state index in [0.29, 0.717) is 16.7 Å². The summed E-state index contributed by atoms with van der Waals surface area (Å²) >= 11 is 0. The van der Waals surface area contributed by atoms with Crippen LogP contribution in [0.1, 0.15) is 33.4 Å². The maximum atomic E-state index is 13.6. The van der Waals surface area contributed by atoms with Crippen molar-refractivity contribution in [2.75, 3.05) is 0 Å². The molecule has 0 aliphatic heterocycles. The molecule has 0 spiro atoms. The predicted octanol–water partition coefficient (Wildman–Crippen LogP) is 9.77. The fraction of sp³-hybridized carbons (Fsp3) is 0.0455. The Morgan fingerprint density at radius 3 is 1.46 bits per heavy atom. The maximum Gasteiger partial charge on any atom is 0.141 e. The van der Waals surface area contributed by atoms with E-state index in [1.165, 1.54) is 5.39 Å². The minimum absolute atomic E-state index is 0.682. The molecule has 0 fully saturated rings. The highest BCUT2D eigenvalue weighted by atomic mass is 16.3. The van der Waals surface area contributed by atoms with E-state index in [1.807, 2.05) is 60.7 Å². The van der Waals surface area contributed by atoms with Gasteiger partial charge in [0.15, 0.2) is 0 Å². The molecule has 0 heterocycles. The third kappa shape index (κ3) is 3.22. The zero-order valence-electron chi connectivity index (χ0n) is 24.9. The van der Waals surface area contributed by atoms with Gasteiger partial charge in [0.05, 0.1) is 0 Å². The van der Waals surface area contributed by atoms with E-state index in [-0.39, 0.29) is 0 Å². The molecule has 0 saturated carbocycles. The molecule has 0 amide bonds. The van der Waals surface area contributed by atoms with Crippen LogP contribution in [-0.2, 0) is 11.2 Å². The van der Waals surface area contributed by atoms with Gasteiger partial charge in [-0.2, -0.15) is 0 Å². The highest BCUT2D eigenvalue weighted by Crippen LogP contribution is 2.56. The summed E-state index contributed by atoms with van der Waals surface area (Å²) in [6.45, 7) is 0. The molecule has 2 heteroatoms. The summed E-state index contributed by atoms with van der Waals surface area (Å²) in [6.07, 6.45) is 0. The summed E-state index contributed by atoms with van der Waals surface area (Å²) in [6, 6.07) is 54.0. The Labute approximate surface area is 265 Å². The van der Waals surface area contributed by atoms with Crippen molar-refractivity contribution in [2.24, 2.45) is 0 Å². The fourth-order valence-electron chi connectivity index (χ4n) is 8.32. The van der Waals surface area contributed by atoms with E-state index < -0.39 is 11.2 Å². The second kappa shape index (κ2) is 9.02. The van der Waals surface area contributed by atoms with Crippen LogP contribution < -0.4 is 0 Å². The average Bonchev–Trinajstić information content (AvgIpc) is 3.12. The molecular formula is C44H28O2.